The summed E-state index contributed by atoms with van der Waals surface area (Å²) in [6.45, 7) is 4.10. The molecule has 0 aromatic rings. The summed E-state index contributed by atoms with van der Waals surface area (Å²) < 4.78 is 25.6. The number of nitrogens with zero attached hydrogens (tertiary/aromatic N) is 2. The third-order valence-electron chi connectivity index (χ3n) is 3.64. The molecule has 0 atom stereocenters. The molecule has 18 heavy (non-hydrogen) atoms. The Labute approximate surface area is 109 Å². The van der Waals surface area contributed by atoms with Crippen molar-refractivity contribution in [1.29, 1.82) is 0 Å². The predicted molar refractivity (Wildman–Crippen MR) is 69.6 cm³/mol. The lowest BCUT2D eigenvalue weighted by Crippen LogP contribution is -2.51. The highest BCUT2D eigenvalue weighted by Gasteiger charge is 2.41. The molecule has 6 heteroatoms. The second-order valence-electron chi connectivity index (χ2n) is 5.13. The van der Waals surface area contributed by atoms with Crippen molar-refractivity contribution in [3.8, 4) is 0 Å². The number of unbranched alkanes of at least 4 members (excludes halogenated alkanes) is 1. The molecular formula is C12H22N2O3S. The summed E-state index contributed by atoms with van der Waals surface area (Å²) >= 11 is 0. The third kappa shape index (κ3) is 3.03. The SMILES string of the molecule is CCCCC(=O)N1CCN(S(=O)(=O)C2CC2)CC1. The maximum absolute atomic E-state index is 12.0. The van der Waals surface area contributed by atoms with Crippen molar-refractivity contribution in [2.45, 2.75) is 44.3 Å². The summed E-state index contributed by atoms with van der Waals surface area (Å²) in [5.41, 5.74) is 0. The molecule has 1 aliphatic carbocycles. The van der Waals surface area contributed by atoms with E-state index in [-0.39, 0.29) is 11.2 Å². The Morgan fingerprint density at radius 2 is 1.78 bits per heavy atom. The van der Waals surface area contributed by atoms with Crippen LogP contribution in [0.1, 0.15) is 39.0 Å². The Hall–Kier alpha value is -0.620. The zero-order chi connectivity index (χ0) is 13.2. The minimum Gasteiger partial charge on any atom is -0.340 e. The van der Waals surface area contributed by atoms with Crippen LogP contribution >= 0.6 is 0 Å². The first kappa shape index (κ1) is 13.8. The van der Waals surface area contributed by atoms with Gasteiger partial charge < -0.3 is 4.90 Å². The van der Waals surface area contributed by atoms with E-state index in [4.69, 9.17) is 0 Å². The summed E-state index contributed by atoms with van der Waals surface area (Å²) in [6, 6.07) is 0. The normalized spacial score (nSPS) is 22.2. The molecule has 0 radical (unpaired) electrons. The van der Waals surface area contributed by atoms with E-state index in [0.29, 0.717) is 32.6 Å². The van der Waals surface area contributed by atoms with E-state index in [1.54, 1.807) is 9.21 Å². The van der Waals surface area contributed by atoms with Gasteiger partial charge in [-0.1, -0.05) is 13.3 Å². The highest BCUT2D eigenvalue weighted by atomic mass is 32.2. The molecule has 1 amide bonds. The molecule has 2 aliphatic rings. The van der Waals surface area contributed by atoms with Crippen LogP contribution in [0.5, 0.6) is 0 Å². The van der Waals surface area contributed by atoms with Crippen LogP contribution in [0.25, 0.3) is 0 Å². The molecule has 5 nitrogen and oxygen atoms in total. The van der Waals surface area contributed by atoms with E-state index in [1.807, 2.05) is 0 Å². The van der Waals surface area contributed by atoms with Gasteiger partial charge in [-0.15, -0.1) is 0 Å². The van der Waals surface area contributed by atoms with Crippen molar-refractivity contribution >= 4 is 15.9 Å². The minimum atomic E-state index is -3.06. The minimum absolute atomic E-state index is 0.139. The van der Waals surface area contributed by atoms with Crippen molar-refractivity contribution in [3.63, 3.8) is 0 Å². The lowest BCUT2D eigenvalue weighted by atomic mass is 10.2. The van der Waals surface area contributed by atoms with Crippen LogP contribution in [0.3, 0.4) is 0 Å². The standard InChI is InChI=1S/C12H22N2O3S/c1-2-3-4-12(15)13-7-9-14(10-8-13)18(16,17)11-5-6-11/h11H,2-10H2,1H3. The molecule has 0 N–H and O–H groups in total. The molecule has 0 unspecified atom stereocenters. The summed E-state index contributed by atoms with van der Waals surface area (Å²) in [7, 11) is -3.06. The van der Waals surface area contributed by atoms with Crippen LogP contribution in [0.2, 0.25) is 0 Å². The van der Waals surface area contributed by atoms with Gasteiger partial charge in [0.2, 0.25) is 15.9 Å². The lowest BCUT2D eigenvalue weighted by molar-refractivity contribution is -0.132. The topological polar surface area (TPSA) is 57.7 Å². The Balaban J connectivity index is 1.82. The third-order valence-corrected chi connectivity index (χ3v) is 6.04. The quantitative estimate of drug-likeness (QED) is 0.745. The van der Waals surface area contributed by atoms with Crippen LogP contribution < -0.4 is 0 Å². The first-order chi connectivity index (χ1) is 8.55. The molecule has 1 aliphatic heterocycles. The molecule has 104 valence electrons. The number of hydrogen-bond acceptors (Lipinski definition) is 3. The average Bonchev–Trinajstić information content (AvgIpc) is 3.20. The lowest BCUT2D eigenvalue weighted by Gasteiger charge is -2.34. The maximum Gasteiger partial charge on any atom is 0.222 e. The molecule has 1 saturated heterocycles. The van der Waals surface area contributed by atoms with Gasteiger partial charge in [0.1, 0.15) is 0 Å². The molecule has 1 saturated carbocycles. The zero-order valence-corrected chi connectivity index (χ0v) is 11.8. The smallest absolute Gasteiger partial charge is 0.222 e. The van der Waals surface area contributed by atoms with E-state index in [9.17, 15) is 13.2 Å². The zero-order valence-electron chi connectivity index (χ0n) is 11.0. The summed E-state index contributed by atoms with van der Waals surface area (Å²) in [4.78, 5) is 13.6. The number of hydrogen-bond donors (Lipinski definition) is 0. The predicted octanol–water partition coefficient (Wildman–Crippen LogP) is 0.813. The second kappa shape index (κ2) is 5.57. The Morgan fingerprint density at radius 1 is 1.17 bits per heavy atom. The Bertz CT molecular complexity index is 396. The largest absolute Gasteiger partial charge is 0.340 e. The maximum atomic E-state index is 12.0. The van der Waals surface area contributed by atoms with Crippen LogP contribution in [0, 0.1) is 0 Å². The number of sulfonamides is 1. The van der Waals surface area contributed by atoms with Crippen molar-refractivity contribution in [2.75, 3.05) is 26.2 Å². The molecule has 0 aromatic carbocycles. The monoisotopic (exact) mass is 274 g/mol. The number of carbonyl (C=O) groups is 1. The first-order valence-electron chi connectivity index (χ1n) is 6.82. The highest BCUT2D eigenvalue weighted by molar-refractivity contribution is 7.90. The van der Waals surface area contributed by atoms with Gasteiger partial charge in [-0.05, 0) is 19.3 Å². The number of carbonyl (C=O) groups excluding carboxylic acids is 1. The fraction of sp³-hybridized carbons (Fsp3) is 0.917. The van der Waals surface area contributed by atoms with Crippen LogP contribution in [0.15, 0.2) is 0 Å². The molecule has 2 fully saturated rings. The number of rotatable bonds is 5. The summed E-state index contributed by atoms with van der Waals surface area (Å²) in [6.07, 6.45) is 4.13. The molecule has 0 spiro atoms. The van der Waals surface area contributed by atoms with Gasteiger partial charge >= 0.3 is 0 Å². The van der Waals surface area contributed by atoms with E-state index in [2.05, 4.69) is 6.92 Å². The number of amides is 1. The highest BCUT2D eigenvalue weighted by Crippen LogP contribution is 2.31. The van der Waals surface area contributed by atoms with Crippen LogP contribution in [-0.2, 0) is 14.8 Å². The van der Waals surface area contributed by atoms with Crippen molar-refractivity contribution in [3.05, 3.63) is 0 Å². The van der Waals surface area contributed by atoms with Crippen molar-refractivity contribution in [2.24, 2.45) is 0 Å². The van der Waals surface area contributed by atoms with Gasteiger partial charge in [-0.25, -0.2) is 8.42 Å². The molecular weight excluding hydrogens is 252 g/mol. The molecule has 0 aromatic heterocycles. The fourth-order valence-corrected chi connectivity index (χ4v) is 4.08. The molecule has 0 bridgehead atoms. The van der Waals surface area contributed by atoms with Gasteiger partial charge in [-0.2, -0.15) is 4.31 Å². The van der Waals surface area contributed by atoms with Crippen LogP contribution in [0.4, 0.5) is 0 Å². The number of piperazine rings is 1. The van der Waals surface area contributed by atoms with Gasteiger partial charge in [0.05, 0.1) is 5.25 Å². The summed E-state index contributed by atoms with van der Waals surface area (Å²) in [5.74, 6) is 0.167. The Kier molecular flexibility index (Phi) is 4.27. The average molecular weight is 274 g/mol. The van der Waals surface area contributed by atoms with Crippen molar-refractivity contribution < 1.29 is 13.2 Å². The van der Waals surface area contributed by atoms with Gasteiger partial charge in [-0.3, -0.25) is 4.79 Å². The second-order valence-corrected chi connectivity index (χ2v) is 7.34. The van der Waals surface area contributed by atoms with Gasteiger partial charge in [0.15, 0.2) is 0 Å². The first-order valence-corrected chi connectivity index (χ1v) is 8.32. The molecule has 2 rings (SSSR count). The van der Waals surface area contributed by atoms with Gasteiger partial charge in [0.25, 0.3) is 0 Å². The molecule has 1 heterocycles. The van der Waals surface area contributed by atoms with Crippen molar-refractivity contribution in [1.82, 2.24) is 9.21 Å². The van der Waals surface area contributed by atoms with E-state index < -0.39 is 10.0 Å². The van der Waals surface area contributed by atoms with E-state index >= 15 is 0 Å². The van der Waals surface area contributed by atoms with E-state index in [0.717, 1.165) is 25.7 Å². The summed E-state index contributed by atoms with van der Waals surface area (Å²) in [5, 5.41) is -0.139. The van der Waals surface area contributed by atoms with E-state index in [1.165, 1.54) is 0 Å². The van der Waals surface area contributed by atoms with Gasteiger partial charge in [0, 0.05) is 32.6 Å². The van der Waals surface area contributed by atoms with Crippen LogP contribution in [-0.4, -0.2) is 55.0 Å². The fourth-order valence-electron chi connectivity index (χ4n) is 2.25. The Morgan fingerprint density at radius 3 is 2.28 bits per heavy atom.